The first-order chi connectivity index (χ1) is 20.0. The summed E-state index contributed by atoms with van der Waals surface area (Å²) in [6, 6.07) is 12.9. The van der Waals surface area contributed by atoms with Crippen LogP contribution in [-0.2, 0) is 16.1 Å². The number of H-pyrrole nitrogens is 1. The molecule has 1 fully saturated rings. The number of unbranched alkanes of at least 4 members (excludes halogenated alkanes) is 2. The zero-order chi connectivity index (χ0) is 28.8. The summed E-state index contributed by atoms with van der Waals surface area (Å²) in [4.78, 5) is 31.4. The topological polar surface area (TPSA) is 111 Å². The summed E-state index contributed by atoms with van der Waals surface area (Å²) >= 11 is 0. The fourth-order valence-corrected chi connectivity index (χ4v) is 5.06. The second kappa shape index (κ2) is 12.8. The lowest BCUT2D eigenvalue weighted by Gasteiger charge is -2.28. The average molecular weight is 559 g/mol. The van der Waals surface area contributed by atoms with E-state index >= 15 is 0 Å². The molecule has 1 atom stereocenters. The number of aromatic amines is 1. The minimum absolute atomic E-state index is 0.117. The minimum atomic E-state index is -0.923. The maximum atomic E-state index is 14.0. The van der Waals surface area contributed by atoms with Crippen LogP contribution in [0.1, 0.15) is 55.8 Å². The van der Waals surface area contributed by atoms with Gasteiger partial charge in [-0.1, -0.05) is 37.7 Å². The Kier molecular flexibility index (Phi) is 8.72. The highest BCUT2D eigenvalue weighted by molar-refractivity contribution is 6.46. The highest BCUT2D eigenvalue weighted by atomic mass is 16.6. The van der Waals surface area contributed by atoms with Gasteiger partial charge in [0, 0.05) is 24.3 Å². The van der Waals surface area contributed by atoms with E-state index in [0.717, 1.165) is 24.8 Å². The van der Waals surface area contributed by atoms with Crippen LogP contribution in [0.4, 0.5) is 0 Å². The normalized spacial score (nSPS) is 17.5. The number of benzene rings is 2. The summed E-state index contributed by atoms with van der Waals surface area (Å²) in [5.74, 6) is -0.0667. The van der Waals surface area contributed by atoms with Gasteiger partial charge < -0.3 is 29.0 Å². The third-order valence-corrected chi connectivity index (χ3v) is 7.06. The largest absolute Gasteiger partial charge is 0.872 e. The van der Waals surface area contributed by atoms with Gasteiger partial charge in [0.25, 0.3) is 5.91 Å². The Balaban J connectivity index is 1.59. The number of Topliss-reactive ketones (excluding diaryl/α,β-unsaturated/α-hetero) is 1. The molecule has 1 aromatic heterocycles. The molecular weight excluding hydrogens is 524 g/mol. The number of nitrogens with zero attached hydrogens (tertiary/aromatic N) is 1. The zero-order valence-corrected chi connectivity index (χ0v) is 23.3. The lowest BCUT2D eigenvalue weighted by Crippen LogP contribution is -2.29. The number of rotatable bonds is 11. The van der Waals surface area contributed by atoms with Crippen molar-refractivity contribution in [3.05, 3.63) is 83.2 Å². The van der Waals surface area contributed by atoms with E-state index in [9.17, 15) is 14.7 Å². The highest BCUT2D eigenvalue weighted by Crippen LogP contribution is 2.43. The number of hydrogen-bond donors (Lipinski definition) is 0. The Morgan fingerprint density at radius 1 is 0.951 bits per heavy atom. The fourth-order valence-electron chi connectivity index (χ4n) is 5.06. The molecule has 41 heavy (non-hydrogen) atoms. The van der Waals surface area contributed by atoms with Crippen molar-refractivity contribution in [2.75, 3.05) is 26.4 Å². The number of likely N-dealkylation sites (tertiary alicyclic amines) is 1. The Bertz CT molecular complexity index is 1440. The van der Waals surface area contributed by atoms with E-state index < -0.39 is 23.5 Å². The Hall–Kier alpha value is -4.53. The van der Waals surface area contributed by atoms with Crippen molar-refractivity contribution in [3.63, 3.8) is 0 Å². The van der Waals surface area contributed by atoms with Crippen LogP contribution < -0.4 is 29.0 Å². The number of aromatic nitrogens is 1. The lowest BCUT2D eigenvalue weighted by molar-refractivity contribution is -0.378. The number of pyridine rings is 1. The molecule has 0 bridgehead atoms. The molecule has 0 spiro atoms. The summed E-state index contributed by atoms with van der Waals surface area (Å²) < 4.78 is 23.1. The fraction of sp³-hybridized carbons (Fsp3) is 0.344. The molecule has 1 amide bonds. The molecule has 2 aliphatic rings. The first kappa shape index (κ1) is 28.0. The Morgan fingerprint density at radius 2 is 1.73 bits per heavy atom. The van der Waals surface area contributed by atoms with Crippen molar-refractivity contribution >= 4 is 17.4 Å². The van der Waals surface area contributed by atoms with Gasteiger partial charge in [0.05, 0.1) is 19.3 Å². The van der Waals surface area contributed by atoms with Gasteiger partial charge in [-0.05, 0) is 54.3 Å². The first-order valence-electron chi connectivity index (χ1n) is 14.0. The number of nitrogens with one attached hydrogen (secondary N) is 1. The number of carbonyl (C=O) groups is 2. The van der Waals surface area contributed by atoms with Gasteiger partial charge >= 0.3 is 0 Å². The van der Waals surface area contributed by atoms with E-state index in [1.165, 1.54) is 4.90 Å². The molecule has 214 valence electrons. The van der Waals surface area contributed by atoms with Crippen LogP contribution in [0.3, 0.4) is 0 Å². The van der Waals surface area contributed by atoms with Crippen LogP contribution in [0.2, 0.25) is 0 Å². The zero-order valence-electron chi connectivity index (χ0n) is 23.3. The summed E-state index contributed by atoms with van der Waals surface area (Å²) in [5.41, 5.74) is 1.52. The third kappa shape index (κ3) is 5.99. The molecule has 2 aliphatic heterocycles. The molecule has 5 rings (SSSR count). The van der Waals surface area contributed by atoms with Crippen molar-refractivity contribution in [1.29, 1.82) is 0 Å². The molecule has 3 aromatic rings. The number of fused-ring (bicyclic) bond motifs is 1. The van der Waals surface area contributed by atoms with Crippen LogP contribution in [0, 0.1) is 0 Å². The van der Waals surface area contributed by atoms with Crippen LogP contribution in [0.15, 0.2) is 66.5 Å². The minimum Gasteiger partial charge on any atom is -0.872 e. The highest BCUT2D eigenvalue weighted by Gasteiger charge is 2.44. The van der Waals surface area contributed by atoms with Crippen molar-refractivity contribution in [1.82, 2.24) is 4.90 Å². The molecule has 2 aromatic carbocycles. The maximum absolute atomic E-state index is 14.0. The van der Waals surface area contributed by atoms with E-state index in [4.69, 9.17) is 18.9 Å². The Morgan fingerprint density at radius 3 is 2.49 bits per heavy atom. The monoisotopic (exact) mass is 558 g/mol. The molecule has 1 N–H and O–H groups in total. The molecule has 1 saturated heterocycles. The second-order valence-corrected chi connectivity index (χ2v) is 9.87. The number of ketones is 1. The maximum Gasteiger partial charge on any atom is 0.295 e. The molecule has 3 heterocycles. The molecule has 9 heteroatoms. The summed E-state index contributed by atoms with van der Waals surface area (Å²) in [6.45, 7) is 5.86. The standard InChI is InChI=1S/C32H34N2O7/c1-3-5-6-15-39-24-9-7-22(18-26(24)38-4-2)29-28(30(35)23-8-10-25-27(19-23)41-17-16-40-25)31(36)32(37)34(29)20-21-11-13-33-14-12-21/h7-14,18-19,29,35H,3-6,15-17,20H2,1-2H3/b30-28+. The molecular formula is C32H34N2O7. The van der Waals surface area contributed by atoms with E-state index in [1.54, 1.807) is 48.8 Å². The van der Waals surface area contributed by atoms with Crippen LogP contribution in [0.5, 0.6) is 23.0 Å². The predicted molar refractivity (Wildman–Crippen MR) is 148 cm³/mol. The van der Waals surface area contributed by atoms with E-state index in [2.05, 4.69) is 11.9 Å². The van der Waals surface area contributed by atoms with Gasteiger partial charge in [0.2, 0.25) is 5.78 Å². The molecule has 0 saturated carbocycles. The average Bonchev–Trinajstić information content (AvgIpc) is 3.25. The van der Waals surface area contributed by atoms with Crippen molar-refractivity contribution in [3.8, 4) is 23.0 Å². The number of carbonyl (C=O) groups excluding carboxylic acids is 2. The van der Waals surface area contributed by atoms with Gasteiger partial charge in [-0.25, -0.2) is 4.98 Å². The van der Waals surface area contributed by atoms with Gasteiger partial charge in [-0.15, -0.1) is 0 Å². The molecule has 0 aliphatic carbocycles. The molecule has 0 radical (unpaired) electrons. The first-order valence-corrected chi connectivity index (χ1v) is 14.0. The van der Waals surface area contributed by atoms with Crippen LogP contribution in [-0.4, -0.2) is 43.0 Å². The van der Waals surface area contributed by atoms with E-state index in [1.807, 2.05) is 19.1 Å². The number of ether oxygens (including phenoxy) is 4. The van der Waals surface area contributed by atoms with Crippen LogP contribution >= 0.6 is 0 Å². The number of amides is 1. The van der Waals surface area contributed by atoms with Gasteiger partial charge in [0.15, 0.2) is 35.4 Å². The van der Waals surface area contributed by atoms with Crippen LogP contribution in [0.25, 0.3) is 5.76 Å². The summed E-state index contributed by atoms with van der Waals surface area (Å²) in [6.07, 6.45) is 6.54. The predicted octanol–water partition coefficient (Wildman–Crippen LogP) is 3.66. The quantitative estimate of drug-likeness (QED) is 0.153. The lowest BCUT2D eigenvalue weighted by atomic mass is 9.94. The van der Waals surface area contributed by atoms with Crippen molar-refractivity contribution in [2.45, 2.75) is 45.7 Å². The number of hydrogen-bond acceptors (Lipinski definition) is 7. The van der Waals surface area contributed by atoms with Crippen molar-refractivity contribution in [2.24, 2.45) is 0 Å². The summed E-state index contributed by atoms with van der Waals surface area (Å²) in [7, 11) is 0. The van der Waals surface area contributed by atoms with E-state index in [-0.39, 0.29) is 17.7 Å². The SMILES string of the molecule is CCCCCOc1ccc(C2/C(=C(\[O-])c3ccc4c(c3)OCCO4)C(=O)C(=O)N2Cc2cc[nH+]cc2)cc1OCC. The third-order valence-electron chi connectivity index (χ3n) is 7.06. The summed E-state index contributed by atoms with van der Waals surface area (Å²) in [5, 5.41) is 14.0. The second-order valence-electron chi connectivity index (χ2n) is 9.87. The van der Waals surface area contributed by atoms with Crippen molar-refractivity contribution < 1.29 is 38.6 Å². The van der Waals surface area contributed by atoms with Gasteiger partial charge in [-0.2, -0.15) is 0 Å². The Labute approximate surface area is 239 Å². The molecule has 9 nitrogen and oxygen atoms in total. The molecule has 1 unspecified atom stereocenters. The smallest absolute Gasteiger partial charge is 0.295 e. The van der Waals surface area contributed by atoms with E-state index in [0.29, 0.717) is 55.0 Å². The van der Waals surface area contributed by atoms with Gasteiger partial charge in [-0.3, -0.25) is 9.59 Å². The van der Waals surface area contributed by atoms with Gasteiger partial charge in [0.1, 0.15) is 13.2 Å².